The van der Waals surface area contributed by atoms with Crippen LogP contribution in [0.15, 0.2) is 30.3 Å². The van der Waals surface area contributed by atoms with Gasteiger partial charge in [-0.15, -0.1) is 0 Å². The summed E-state index contributed by atoms with van der Waals surface area (Å²) < 4.78 is 0. The molecule has 1 aromatic rings. The first-order valence-electron chi connectivity index (χ1n) is 6.17. The Labute approximate surface area is 98.7 Å². The molecule has 1 saturated heterocycles. The van der Waals surface area contributed by atoms with Crippen molar-refractivity contribution in [1.82, 2.24) is 10.2 Å². The van der Waals surface area contributed by atoms with Gasteiger partial charge in [0.15, 0.2) is 0 Å². The van der Waals surface area contributed by atoms with Crippen LogP contribution in [0.2, 0.25) is 0 Å². The van der Waals surface area contributed by atoms with Gasteiger partial charge in [0.25, 0.3) is 0 Å². The van der Waals surface area contributed by atoms with Crippen LogP contribution in [0.25, 0.3) is 0 Å². The molecule has 88 valence electrons. The second-order valence-corrected chi connectivity index (χ2v) is 5.12. The number of hydrogen-bond donors (Lipinski definition) is 1. The normalized spacial score (nSPS) is 27.2. The van der Waals surface area contributed by atoms with Crippen LogP contribution in [0.4, 0.5) is 0 Å². The van der Waals surface area contributed by atoms with Crippen molar-refractivity contribution in [2.24, 2.45) is 5.92 Å². The standard InChI is InChI=1S/C14H22N2/c1-11(2)13-10-16(3)14(9-15-13)12-7-5-4-6-8-12/h4-8,11,13-15H,9-10H2,1-3H3/t13-,14?/m0/s1. The summed E-state index contributed by atoms with van der Waals surface area (Å²) in [5.41, 5.74) is 1.42. The predicted octanol–water partition coefficient (Wildman–Crippen LogP) is 2.29. The Bertz CT molecular complexity index is 321. The summed E-state index contributed by atoms with van der Waals surface area (Å²) in [5.74, 6) is 0.708. The zero-order chi connectivity index (χ0) is 11.5. The number of piperazine rings is 1. The summed E-state index contributed by atoms with van der Waals surface area (Å²) in [5, 5.41) is 3.66. The third-order valence-corrected chi connectivity index (χ3v) is 3.58. The fourth-order valence-electron chi connectivity index (χ4n) is 2.41. The van der Waals surface area contributed by atoms with Gasteiger partial charge in [-0.05, 0) is 18.5 Å². The molecule has 2 rings (SSSR count). The summed E-state index contributed by atoms with van der Waals surface area (Å²) in [7, 11) is 2.23. The fraction of sp³-hybridized carbons (Fsp3) is 0.571. The van der Waals surface area contributed by atoms with Gasteiger partial charge in [0, 0.05) is 25.2 Å². The monoisotopic (exact) mass is 218 g/mol. The van der Waals surface area contributed by atoms with Crippen molar-refractivity contribution in [3.63, 3.8) is 0 Å². The Morgan fingerprint density at radius 1 is 1.25 bits per heavy atom. The van der Waals surface area contributed by atoms with Crippen molar-refractivity contribution in [2.75, 3.05) is 20.1 Å². The summed E-state index contributed by atoms with van der Waals surface area (Å²) in [6, 6.07) is 11.9. The molecule has 1 aliphatic heterocycles. The van der Waals surface area contributed by atoms with Gasteiger partial charge in [0.05, 0.1) is 0 Å². The fourth-order valence-corrected chi connectivity index (χ4v) is 2.41. The molecule has 0 radical (unpaired) electrons. The molecule has 1 aliphatic rings. The van der Waals surface area contributed by atoms with E-state index in [1.54, 1.807) is 0 Å². The average Bonchev–Trinajstić information content (AvgIpc) is 2.30. The lowest BCUT2D eigenvalue weighted by molar-refractivity contribution is 0.143. The minimum absolute atomic E-state index is 0.524. The number of benzene rings is 1. The van der Waals surface area contributed by atoms with Crippen LogP contribution in [0.3, 0.4) is 0 Å². The van der Waals surface area contributed by atoms with Crippen LogP contribution in [0.1, 0.15) is 25.5 Å². The first-order valence-corrected chi connectivity index (χ1v) is 6.17. The summed E-state index contributed by atoms with van der Waals surface area (Å²) in [6.07, 6.45) is 0. The van der Waals surface area contributed by atoms with Crippen LogP contribution < -0.4 is 5.32 Å². The highest BCUT2D eigenvalue weighted by atomic mass is 15.2. The van der Waals surface area contributed by atoms with E-state index in [0.717, 1.165) is 13.1 Å². The van der Waals surface area contributed by atoms with E-state index in [0.29, 0.717) is 18.0 Å². The number of hydrogen-bond acceptors (Lipinski definition) is 2. The Hall–Kier alpha value is -0.860. The van der Waals surface area contributed by atoms with Crippen molar-refractivity contribution in [2.45, 2.75) is 25.9 Å². The predicted molar refractivity (Wildman–Crippen MR) is 68.4 cm³/mol. The van der Waals surface area contributed by atoms with E-state index in [1.807, 2.05) is 0 Å². The van der Waals surface area contributed by atoms with Crippen LogP contribution in [0.5, 0.6) is 0 Å². The minimum atomic E-state index is 0.524. The summed E-state index contributed by atoms with van der Waals surface area (Å²) in [4.78, 5) is 2.47. The van der Waals surface area contributed by atoms with E-state index >= 15 is 0 Å². The molecule has 2 nitrogen and oxygen atoms in total. The lowest BCUT2D eigenvalue weighted by Crippen LogP contribution is -2.52. The highest BCUT2D eigenvalue weighted by Gasteiger charge is 2.27. The second-order valence-electron chi connectivity index (χ2n) is 5.12. The van der Waals surface area contributed by atoms with Crippen molar-refractivity contribution in [3.05, 3.63) is 35.9 Å². The quantitative estimate of drug-likeness (QED) is 0.819. The van der Waals surface area contributed by atoms with Crippen LogP contribution in [0, 0.1) is 5.92 Å². The molecule has 0 amide bonds. The molecule has 1 fully saturated rings. The molecule has 0 spiro atoms. The number of nitrogens with one attached hydrogen (secondary N) is 1. The van der Waals surface area contributed by atoms with Crippen LogP contribution in [-0.2, 0) is 0 Å². The lowest BCUT2D eigenvalue weighted by Gasteiger charge is -2.40. The maximum Gasteiger partial charge on any atom is 0.0470 e. The number of rotatable bonds is 2. The van der Waals surface area contributed by atoms with Gasteiger partial charge in [-0.1, -0.05) is 44.2 Å². The lowest BCUT2D eigenvalue weighted by atomic mass is 9.96. The molecule has 0 bridgehead atoms. The molecule has 1 heterocycles. The molecule has 2 heteroatoms. The first-order chi connectivity index (χ1) is 7.68. The molecule has 0 aliphatic carbocycles. The molecule has 0 saturated carbocycles. The van der Waals surface area contributed by atoms with Crippen molar-refractivity contribution >= 4 is 0 Å². The van der Waals surface area contributed by atoms with E-state index in [2.05, 4.69) is 61.4 Å². The summed E-state index contributed by atoms with van der Waals surface area (Å²) >= 11 is 0. The van der Waals surface area contributed by atoms with Crippen molar-refractivity contribution < 1.29 is 0 Å². The largest absolute Gasteiger partial charge is 0.311 e. The molecular formula is C14H22N2. The van der Waals surface area contributed by atoms with Crippen LogP contribution >= 0.6 is 0 Å². The molecule has 1 N–H and O–H groups in total. The second kappa shape index (κ2) is 4.98. The van der Waals surface area contributed by atoms with E-state index in [4.69, 9.17) is 0 Å². The van der Waals surface area contributed by atoms with E-state index in [1.165, 1.54) is 5.56 Å². The molecule has 2 atom stereocenters. The summed E-state index contributed by atoms with van der Waals surface area (Å²) in [6.45, 7) is 6.77. The molecule has 16 heavy (non-hydrogen) atoms. The Morgan fingerprint density at radius 3 is 2.50 bits per heavy atom. The van der Waals surface area contributed by atoms with Gasteiger partial charge in [0.1, 0.15) is 0 Å². The van der Waals surface area contributed by atoms with Gasteiger partial charge < -0.3 is 5.32 Å². The van der Waals surface area contributed by atoms with Crippen molar-refractivity contribution in [3.8, 4) is 0 Å². The topological polar surface area (TPSA) is 15.3 Å². The Balaban J connectivity index is 2.05. The highest BCUT2D eigenvalue weighted by molar-refractivity contribution is 5.20. The zero-order valence-corrected chi connectivity index (χ0v) is 10.5. The molecule has 1 aromatic carbocycles. The third kappa shape index (κ3) is 2.45. The maximum absolute atomic E-state index is 3.66. The Morgan fingerprint density at radius 2 is 1.94 bits per heavy atom. The first kappa shape index (κ1) is 11.6. The van der Waals surface area contributed by atoms with Gasteiger partial charge in [0.2, 0.25) is 0 Å². The maximum atomic E-state index is 3.66. The Kier molecular flexibility index (Phi) is 3.62. The van der Waals surface area contributed by atoms with E-state index in [9.17, 15) is 0 Å². The molecule has 0 aromatic heterocycles. The van der Waals surface area contributed by atoms with Crippen molar-refractivity contribution in [1.29, 1.82) is 0 Å². The van der Waals surface area contributed by atoms with Gasteiger partial charge in [-0.2, -0.15) is 0 Å². The SMILES string of the molecule is CC(C)[C@@H]1CN(C)C(c2ccccc2)CN1. The van der Waals surface area contributed by atoms with E-state index in [-0.39, 0.29) is 0 Å². The van der Waals surface area contributed by atoms with Gasteiger partial charge in [-0.3, -0.25) is 4.90 Å². The van der Waals surface area contributed by atoms with Crippen LogP contribution in [-0.4, -0.2) is 31.1 Å². The number of likely N-dealkylation sites (N-methyl/N-ethyl adjacent to an activating group) is 1. The van der Waals surface area contributed by atoms with E-state index < -0.39 is 0 Å². The number of nitrogens with zero attached hydrogens (tertiary/aromatic N) is 1. The molecular weight excluding hydrogens is 196 g/mol. The average molecular weight is 218 g/mol. The van der Waals surface area contributed by atoms with Gasteiger partial charge >= 0.3 is 0 Å². The highest BCUT2D eigenvalue weighted by Crippen LogP contribution is 2.23. The third-order valence-electron chi connectivity index (χ3n) is 3.58. The minimum Gasteiger partial charge on any atom is -0.311 e. The van der Waals surface area contributed by atoms with Gasteiger partial charge in [-0.25, -0.2) is 0 Å². The smallest absolute Gasteiger partial charge is 0.0470 e. The zero-order valence-electron chi connectivity index (χ0n) is 10.5. The molecule has 1 unspecified atom stereocenters.